The molecule has 0 saturated heterocycles. The lowest BCUT2D eigenvalue weighted by Crippen LogP contribution is -2.08. The van der Waals surface area contributed by atoms with E-state index in [1.807, 2.05) is 0 Å². The highest BCUT2D eigenvalue weighted by molar-refractivity contribution is 5.92. The Morgan fingerprint density at radius 2 is 1.41 bits per heavy atom. The summed E-state index contributed by atoms with van der Waals surface area (Å²) in [6.45, 7) is 7.12. The van der Waals surface area contributed by atoms with Crippen LogP contribution in [0.15, 0.2) is 28.7 Å². The van der Waals surface area contributed by atoms with Crippen molar-refractivity contribution in [2.24, 2.45) is 0 Å². The van der Waals surface area contributed by atoms with Gasteiger partial charge in [-0.15, -0.1) is 0 Å². The summed E-state index contributed by atoms with van der Waals surface area (Å²) in [5.74, 6) is -0.845. The van der Waals surface area contributed by atoms with Crippen molar-refractivity contribution in [3.63, 3.8) is 0 Å². The van der Waals surface area contributed by atoms with Crippen LogP contribution in [0.1, 0.15) is 32.1 Å². The smallest absolute Gasteiger partial charge is 0.308 e. The lowest BCUT2D eigenvalue weighted by molar-refractivity contribution is -0.134. The van der Waals surface area contributed by atoms with E-state index in [1.54, 1.807) is 26.0 Å². The maximum atomic E-state index is 11.7. The number of ether oxygens (including phenoxy) is 4. The van der Waals surface area contributed by atoms with Crippen molar-refractivity contribution in [1.29, 1.82) is 0 Å². The van der Waals surface area contributed by atoms with Gasteiger partial charge in [0.2, 0.25) is 5.75 Å². The fourth-order valence-corrected chi connectivity index (χ4v) is 2.60. The van der Waals surface area contributed by atoms with Gasteiger partial charge >= 0.3 is 17.9 Å². The number of hydrogen-bond donors (Lipinski definition) is 0. The summed E-state index contributed by atoms with van der Waals surface area (Å²) in [5.41, 5.74) is 0.750. The van der Waals surface area contributed by atoms with Crippen molar-refractivity contribution in [1.82, 2.24) is 0 Å². The molecule has 2 rings (SSSR count). The van der Waals surface area contributed by atoms with Crippen LogP contribution in [0.3, 0.4) is 0 Å². The van der Waals surface area contributed by atoms with Gasteiger partial charge in [0.25, 0.3) is 0 Å². The molecule has 0 saturated carbocycles. The molecule has 0 spiro atoms. The van der Waals surface area contributed by atoms with E-state index in [0.717, 1.165) is 0 Å². The zero-order chi connectivity index (χ0) is 21.7. The Morgan fingerprint density at radius 1 is 0.793 bits per heavy atom. The highest BCUT2D eigenvalue weighted by Gasteiger charge is 2.19. The molecule has 0 aliphatic carbocycles. The van der Waals surface area contributed by atoms with Crippen molar-refractivity contribution < 1.29 is 37.7 Å². The van der Waals surface area contributed by atoms with Crippen LogP contribution in [0, 0.1) is 13.8 Å². The number of hydrogen-bond acceptors (Lipinski definition) is 8. The summed E-state index contributed by atoms with van der Waals surface area (Å²) in [5, 5.41) is 0.467. The highest BCUT2D eigenvalue weighted by Crippen LogP contribution is 2.39. The Kier molecular flexibility index (Phi) is 6.82. The van der Waals surface area contributed by atoms with Gasteiger partial charge in [0, 0.05) is 38.3 Å². The predicted molar refractivity (Wildman–Crippen MR) is 104 cm³/mol. The topological polar surface area (TPSA) is 101 Å². The second-order valence-electron chi connectivity index (χ2n) is 6.20. The molecule has 0 aliphatic heterocycles. The molecule has 0 aliphatic rings. The number of carbonyl (C=O) groups excluding carboxylic acids is 3. The summed E-state index contributed by atoms with van der Waals surface area (Å²) in [6, 6.07) is 6.16. The minimum absolute atomic E-state index is 0.0263. The first-order valence-corrected chi connectivity index (χ1v) is 8.67. The standard InChI is InChI=1S/C21H22O8/c1-11-7-19(28-14(4)23)21(29-15(5)24)20-18(11)10-17(27-13(3)22)9-16(25-6)8-12(2)26-20/h7-10H,1-6H3. The Balaban J connectivity index is 3.05. The van der Waals surface area contributed by atoms with Crippen molar-refractivity contribution in [3.8, 4) is 23.0 Å². The molecule has 154 valence electrons. The van der Waals surface area contributed by atoms with E-state index in [2.05, 4.69) is 0 Å². The number of fused-ring (bicyclic) bond motifs is 1. The maximum absolute atomic E-state index is 11.7. The molecule has 0 radical (unpaired) electrons. The Bertz CT molecular complexity index is 1030. The van der Waals surface area contributed by atoms with Crippen LogP contribution >= 0.6 is 0 Å². The molecule has 1 heterocycles. The second-order valence-corrected chi connectivity index (χ2v) is 6.20. The van der Waals surface area contributed by atoms with Gasteiger partial charge in [-0.05, 0) is 31.5 Å². The van der Waals surface area contributed by atoms with Gasteiger partial charge in [-0.3, -0.25) is 14.4 Å². The fraction of sp³-hybridized carbons (Fsp3) is 0.286. The zero-order valence-corrected chi connectivity index (χ0v) is 17.1. The van der Waals surface area contributed by atoms with E-state index in [0.29, 0.717) is 22.5 Å². The van der Waals surface area contributed by atoms with Crippen molar-refractivity contribution in [3.05, 3.63) is 35.6 Å². The molecule has 0 amide bonds. The Labute approximate surface area is 167 Å². The first-order valence-electron chi connectivity index (χ1n) is 8.67. The number of aryl methyl sites for hydroxylation is 2. The van der Waals surface area contributed by atoms with Crippen LogP contribution in [0.25, 0.3) is 11.0 Å². The lowest BCUT2D eigenvalue weighted by atomic mass is 10.1. The summed E-state index contributed by atoms with van der Waals surface area (Å²) in [7, 11) is 1.46. The molecule has 8 nitrogen and oxygen atoms in total. The fourth-order valence-electron chi connectivity index (χ4n) is 2.60. The Morgan fingerprint density at radius 3 is 1.97 bits per heavy atom. The van der Waals surface area contributed by atoms with Crippen LogP contribution in [0.4, 0.5) is 0 Å². The van der Waals surface area contributed by atoms with Gasteiger partial charge in [-0.25, -0.2) is 0 Å². The van der Waals surface area contributed by atoms with Gasteiger partial charge in [0.15, 0.2) is 11.3 Å². The third kappa shape index (κ3) is 5.71. The van der Waals surface area contributed by atoms with E-state index in [1.165, 1.54) is 40.0 Å². The van der Waals surface area contributed by atoms with E-state index in [9.17, 15) is 14.4 Å². The number of rotatable bonds is 4. The SMILES string of the molecule is COc1cc(OC(C)=O)cc2c(C)cc(OC(C)=O)c(OC(C)=O)c2oc(C)c1. The van der Waals surface area contributed by atoms with Crippen molar-refractivity contribution >= 4 is 28.9 Å². The molecule has 0 unspecified atom stereocenters. The van der Waals surface area contributed by atoms with Crippen molar-refractivity contribution in [2.75, 3.05) is 7.11 Å². The van der Waals surface area contributed by atoms with E-state index < -0.39 is 17.9 Å². The van der Waals surface area contributed by atoms with E-state index in [-0.39, 0.29) is 22.8 Å². The maximum Gasteiger partial charge on any atom is 0.308 e. The molecule has 0 fully saturated rings. The number of methoxy groups -OCH3 is 1. The summed E-state index contributed by atoms with van der Waals surface area (Å²) in [6.07, 6.45) is 0. The summed E-state index contributed by atoms with van der Waals surface area (Å²) < 4.78 is 27.0. The molecular formula is C21H22O8. The number of benzene rings is 1. The average molecular weight is 402 g/mol. The summed E-state index contributed by atoms with van der Waals surface area (Å²) in [4.78, 5) is 34.7. The number of carbonyl (C=O) groups is 3. The van der Waals surface area contributed by atoms with E-state index >= 15 is 0 Å². The molecule has 0 N–H and O–H groups in total. The predicted octanol–water partition coefficient (Wildman–Crippen LogP) is 3.96. The van der Waals surface area contributed by atoms with Crippen LogP contribution in [-0.4, -0.2) is 25.0 Å². The molecular weight excluding hydrogens is 380 g/mol. The molecule has 0 bridgehead atoms. The van der Waals surface area contributed by atoms with Crippen LogP contribution in [0.2, 0.25) is 0 Å². The molecule has 1 aromatic carbocycles. The van der Waals surface area contributed by atoms with Crippen LogP contribution in [-0.2, 0) is 14.4 Å². The van der Waals surface area contributed by atoms with Gasteiger partial charge in [0.05, 0.1) is 7.11 Å². The molecule has 29 heavy (non-hydrogen) atoms. The Hall–Kier alpha value is -3.55. The molecule has 1 aromatic heterocycles. The monoisotopic (exact) mass is 402 g/mol. The number of esters is 3. The second kappa shape index (κ2) is 9.09. The molecule has 0 atom stereocenters. The minimum atomic E-state index is -0.630. The quantitative estimate of drug-likeness (QED) is 0.559. The third-order valence-corrected chi connectivity index (χ3v) is 3.62. The van der Waals surface area contributed by atoms with Gasteiger partial charge < -0.3 is 23.4 Å². The van der Waals surface area contributed by atoms with E-state index in [4.69, 9.17) is 23.4 Å². The third-order valence-electron chi connectivity index (χ3n) is 3.62. The minimum Gasteiger partial charge on any atom is -0.496 e. The zero-order valence-electron chi connectivity index (χ0n) is 17.1. The molecule has 2 aromatic rings. The lowest BCUT2D eigenvalue weighted by Gasteiger charge is -2.12. The van der Waals surface area contributed by atoms with Crippen LogP contribution < -0.4 is 18.9 Å². The summed E-state index contributed by atoms with van der Waals surface area (Å²) >= 11 is 0. The van der Waals surface area contributed by atoms with Crippen molar-refractivity contribution in [2.45, 2.75) is 34.6 Å². The van der Waals surface area contributed by atoms with Gasteiger partial charge in [-0.1, -0.05) is 0 Å². The first kappa shape index (κ1) is 21.7. The van der Waals surface area contributed by atoms with Gasteiger partial charge in [0.1, 0.15) is 17.3 Å². The van der Waals surface area contributed by atoms with Crippen LogP contribution in [0.5, 0.6) is 23.0 Å². The van der Waals surface area contributed by atoms with Gasteiger partial charge in [-0.2, -0.15) is 0 Å². The largest absolute Gasteiger partial charge is 0.496 e. The molecule has 8 heteroatoms. The normalized spacial score (nSPS) is 10.1. The average Bonchev–Trinajstić information content (AvgIpc) is 2.65. The highest BCUT2D eigenvalue weighted by atomic mass is 16.6. The first-order chi connectivity index (χ1) is 13.6.